The summed E-state index contributed by atoms with van der Waals surface area (Å²) in [5.41, 5.74) is 1.13. The first-order valence-corrected chi connectivity index (χ1v) is 14.3. The molecule has 1 amide bonds. The van der Waals surface area contributed by atoms with Gasteiger partial charge < -0.3 is 29.0 Å². The van der Waals surface area contributed by atoms with Crippen LogP contribution in [0.1, 0.15) is 43.9 Å². The van der Waals surface area contributed by atoms with E-state index in [4.69, 9.17) is 18.9 Å². The van der Waals surface area contributed by atoms with Crippen LogP contribution in [-0.2, 0) is 14.3 Å². The van der Waals surface area contributed by atoms with Gasteiger partial charge in [0.25, 0.3) is 11.7 Å². The molecule has 0 radical (unpaired) electrons. The smallest absolute Gasteiger partial charge is 0.295 e. The van der Waals surface area contributed by atoms with Crippen molar-refractivity contribution in [3.63, 3.8) is 0 Å². The molecule has 2 aliphatic heterocycles. The highest BCUT2D eigenvalue weighted by Crippen LogP contribution is 2.42. The predicted octanol–water partition coefficient (Wildman–Crippen LogP) is 4.58. The summed E-state index contributed by atoms with van der Waals surface area (Å²) in [6, 6.07) is 11.4. The molecule has 0 spiro atoms. The normalized spacial score (nSPS) is 18.9. The van der Waals surface area contributed by atoms with Crippen molar-refractivity contribution in [3.8, 4) is 17.2 Å². The lowest BCUT2D eigenvalue weighted by Gasteiger charge is -2.29. The van der Waals surface area contributed by atoms with Gasteiger partial charge in [0.15, 0.2) is 11.5 Å². The minimum absolute atomic E-state index is 0.0470. The third kappa shape index (κ3) is 7.28. The average molecular weight is 565 g/mol. The fourth-order valence-electron chi connectivity index (χ4n) is 5.06. The van der Waals surface area contributed by atoms with Gasteiger partial charge in [-0.3, -0.25) is 14.5 Å². The SMILES string of the molecule is C=CCOc1ccc(C2C(=C(O)c3ccc(OCCC)cc3)C(=O)C(=O)N2CCCN2CCOCC2)cc1OCC. The van der Waals surface area contributed by atoms with Crippen molar-refractivity contribution < 1.29 is 33.6 Å². The van der Waals surface area contributed by atoms with Crippen molar-refractivity contribution in [3.05, 3.63) is 71.8 Å². The maximum Gasteiger partial charge on any atom is 0.295 e. The van der Waals surface area contributed by atoms with Crippen LogP contribution in [0.25, 0.3) is 5.76 Å². The number of aliphatic hydroxyl groups is 1. The van der Waals surface area contributed by atoms with E-state index in [0.29, 0.717) is 74.4 Å². The number of nitrogens with zero attached hydrogens (tertiary/aromatic N) is 2. The molecule has 0 aliphatic carbocycles. The average Bonchev–Trinajstić information content (AvgIpc) is 3.25. The number of hydrogen-bond acceptors (Lipinski definition) is 8. The summed E-state index contributed by atoms with van der Waals surface area (Å²) >= 11 is 0. The van der Waals surface area contributed by atoms with Gasteiger partial charge in [0.1, 0.15) is 18.1 Å². The van der Waals surface area contributed by atoms with E-state index in [9.17, 15) is 14.7 Å². The Morgan fingerprint density at radius 1 is 1.02 bits per heavy atom. The lowest BCUT2D eigenvalue weighted by atomic mass is 9.95. The molecule has 9 nitrogen and oxygen atoms in total. The number of hydrogen-bond donors (Lipinski definition) is 1. The van der Waals surface area contributed by atoms with Crippen LogP contribution < -0.4 is 14.2 Å². The van der Waals surface area contributed by atoms with Crippen LogP contribution in [-0.4, -0.2) is 85.8 Å². The number of aliphatic hydroxyl groups excluding tert-OH is 1. The summed E-state index contributed by atoms with van der Waals surface area (Å²) in [4.78, 5) is 30.7. The number of morpholine rings is 1. The highest BCUT2D eigenvalue weighted by Gasteiger charge is 2.46. The fourth-order valence-corrected chi connectivity index (χ4v) is 5.06. The van der Waals surface area contributed by atoms with E-state index >= 15 is 0 Å². The van der Waals surface area contributed by atoms with Crippen LogP contribution >= 0.6 is 0 Å². The van der Waals surface area contributed by atoms with Crippen LogP contribution in [0.4, 0.5) is 0 Å². The Labute approximate surface area is 241 Å². The summed E-state index contributed by atoms with van der Waals surface area (Å²) in [5, 5.41) is 11.4. The predicted molar refractivity (Wildman–Crippen MR) is 156 cm³/mol. The van der Waals surface area contributed by atoms with Crippen LogP contribution in [0.2, 0.25) is 0 Å². The number of carbonyl (C=O) groups is 2. The van der Waals surface area contributed by atoms with Crippen LogP contribution in [0.3, 0.4) is 0 Å². The summed E-state index contributed by atoms with van der Waals surface area (Å²) < 4.78 is 22.7. The second-order valence-corrected chi connectivity index (χ2v) is 9.91. The molecule has 2 saturated heterocycles. The van der Waals surface area contributed by atoms with Crippen LogP contribution in [0, 0.1) is 0 Å². The molecule has 2 aliphatic rings. The van der Waals surface area contributed by atoms with Crippen molar-refractivity contribution in [2.24, 2.45) is 0 Å². The maximum atomic E-state index is 13.5. The summed E-state index contributed by atoms with van der Waals surface area (Å²) in [5.74, 6) is 0.114. The number of benzene rings is 2. The van der Waals surface area contributed by atoms with E-state index < -0.39 is 17.7 Å². The number of rotatable bonds is 14. The molecule has 4 rings (SSSR count). The van der Waals surface area contributed by atoms with Gasteiger partial charge in [0.05, 0.1) is 38.0 Å². The largest absolute Gasteiger partial charge is 0.507 e. The van der Waals surface area contributed by atoms with Crippen molar-refractivity contribution in [1.82, 2.24) is 9.80 Å². The van der Waals surface area contributed by atoms with E-state index in [2.05, 4.69) is 11.5 Å². The first-order chi connectivity index (χ1) is 20.0. The van der Waals surface area contributed by atoms with E-state index in [1.54, 1.807) is 53.4 Å². The molecule has 0 aromatic heterocycles. The molecule has 2 aromatic carbocycles. The molecule has 0 bridgehead atoms. The number of ether oxygens (including phenoxy) is 4. The molecule has 9 heteroatoms. The summed E-state index contributed by atoms with van der Waals surface area (Å²) in [6.45, 7) is 13.1. The summed E-state index contributed by atoms with van der Waals surface area (Å²) in [7, 11) is 0. The number of amides is 1. The molecule has 0 saturated carbocycles. The molecule has 2 heterocycles. The zero-order valence-electron chi connectivity index (χ0n) is 24.0. The van der Waals surface area contributed by atoms with E-state index in [1.807, 2.05) is 13.8 Å². The number of carbonyl (C=O) groups excluding carboxylic acids is 2. The molecule has 1 atom stereocenters. The maximum absolute atomic E-state index is 13.5. The molecule has 2 fully saturated rings. The lowest BCUT2D eigenvalue weighted by Crippen LogP contribution is -2.39. The third-order valence-corrected chi connectivity index (χ3v) is 7.06. The van der Waals surface area contributed by atoms with Gasteiger partial charge in [-0.1, -0.05) is 25.6 Å². The minimum Gasteiger partial charge on any atom is -0.507 e. The third-order valence-electron chi connectivity index (χ3n) is 7.06. The lowest BCUT2D eigenvalue weighted by molar-refractivity contribution is -0.140. The molecule has 2 aromatic rings. The second kappa shape index (κ2) is 14.7. The zero-order valence-corrected chi connectivity index (χ0v) is 24.0. The van der Waals surface area contributed by atoms with E-state index in [1.165, 1.54) is 0 Å². The zero-order chi connectivity index (χ0) is 29.2. The monoisotopic (exact) mass is 564 g/mol. The molecule has 41 heavy (non-hydrogen) atoms. The molecule has 220 valence electrons. The van der Waals surface area contributed by atoms with Gasteiger partial charge in [0.2, 0.25) is 0 Å². The molecular formula is C32H40N2O7. The summed E-state index contributed by atoms with van der Waals surface area (Å²) in [6.07, 6.45) is 3.19. The van der Waals surface area contributed by atoms with E-state index in [-0.39, 0.29) is 11.3 Å². The van der Waals surface area contributed by atoms with E-state index in [0.717, 1.165) is 26.1 Å². The Morgan fingerprint density at radius 3 is 2.46 bits per heavy atom. The molecule has 1 unspecified atom stereocenters. The van der Waals surface area contributed by atoms with Gasteiger partial charge in [0, 0.05) is 31.7 Å². The second-order valence-electron chi connectivity index (χ2n) is 9.91. The standard InChI is InChI=1S/C32H40N2O7/c1-4-18-40-25-11-8-23(9-12-25)30(35)28-29(24-10-13-26(41-19-5-2)27(22-24)39-6-3)34(32(37)31(28)36)15-7-14-33-16-20-38-21-17-33/h5,8-13,22,29,35H,2,4,6-7,14-21H2,1,3H3. The first kappa shape index (κ1) is 30.1. The Bertz CT molecular complexity index is 1240. The fraction of sp³-hybridized carbons (Fsp3) is 0.438. The molecule has 1 N–H and O–H groups in total. The topological polar surface area (TPSA) is 97.8 Å². The van der Waals surface area contributed by atoms with Gasteiger partial charge in [-0.2, -0.15) is 0 Å². The van der Waals surface area contributed by atoms with Crippen molar-refractivity contribution in [2.75, 3.05) is 59.2 Å². The van der Waals surface area contributed by atoms with Gasteiger partial charge >= 0.3 is 0 Å². The number of Topliss-reactive ketones (excluding diaryl/α,β-unsaturated/α-hetero) is 1. The van der Waals surface area contributed by atoms with Gasteiger partial charge in [-0.25, -0.2) is 0 Å². The van der Waals surface area contributed by atoms with Crippen molar-refractivity contribution >= 4 is 17.4 Å². The van der Waals surface area contributed by atoms with Gasteiger partial charge in [-0.15, -0.1) is 0 Å². The minimum atomic E-state index is -0.789. The number of likely N-dealkylation sites (tertiary alicyclic amines) is 1. The Hall–Kier alpha value is -3.82. The van der Waals surface area contributed by atoms with Crippen LogP contribution in [0.15, 0.2) is 60.7 Å². The first-order valence-electron chi connectivity index (χ1n) is 14.3. The Balaban J connectivity index is 1.71. The Morgan fingerprint density at radius 2 is 1.78 bits per heavy atom. The number of ketones is 1. The Kier molecular flexibility index (Phi) is 10.8. The van der Waals surface area contributed by atoms with Crippen molar-refractivity contribution in [2.45, 2.75) is 32.7 Å². The molecular weight excluding hydrogens is 524 g/mol. The van der Waals surface area contributed by atoms with Gasteiger partial charge in [-0.05, 0) is 61.7 Å². The quantitative estimate of drug-likeness (QED) is 0.154. The highest BCUT2D eigenvalue weighted by molar-refractivity contribution is 6.46. The van der Waals surface area contributed by atoms with Crippen LogP contribution in [0.5, 0.6) is 17.2 Å². The highest BCUT2D eigenvalue weighted by atomic mass is 16.5. The van der Waals surface area contributed by atoms with Crippen molar-refractivity contribution in [1.29, 1.82) is 0 Å².